The standard InChI is InChI=1S/C11H8ClN3O3/c12-10-5-11(16)14(7-13-10)6-8-3-1-2-4-9(8)15(17)18/h1-5,7H,6H2. The van der Waals surface area contributed by atoms with Crippen molar-refractivity contribution in [2.24, 2.45) is 0 Å². The third kappa shape index (κ3) is 2.54. The number of nitrogens with zero attached hydrogens (tertiary/aromatic N) is 3. The molecule has 7 heteroatoms. The van der Waals surface area contributed by atoms with E-state index in [0.29, 0.717) is 5.56 Å². The molecule has 0 saturated carbocycles. The Hall–Kier alpha value is -2.21. The molecule has 0 radical (unpaired) electrons. The molecule has 0 unspecified atom stereocenters. The molecule has 0 amide bonds. The molecule has 0 saturated heterocycles. The van der Waals surface area contributed by atoms with Gasteiger partial charge in [0.1, 0.15) is 5.15 Å². The molecule has 2 aromatic rings. The van der Waals surface area contributed by atoms with Crippen LogP contribution in [0.5, 0.6) is 0 Å². The Kier molecular flexibility index (Phi) is 3.38. The monoisotopic (exact) mass is 265 g/mol. The first-order valence-corrected chi connectivity index (χ1v) is 5.40. The van der Waals surface area contributed by atoms with E-state index in [0.717, 1.165) is 6.07 Å². The van der Waals surface area contributed by atoms with Gasteiger partial charge in [0.25, 0.3) is 11.2 Å². The molecule has 6 nitrogen and oxygen atoms in total. The normalized spacial score (nSPS) is 10.3. The second-order valence-corrected chi connectivity index (χ2v) is 3.95. The number of rotatable bonds is 3. The molecule has 0 aliphatic carbocycles. The van der Waals surface area contributed by atoms with Crippen LogP contribution in [0.2, 0.25) is 5.15 Å². The summed E-state index contributed by atoms with van der Waals surface area (Å²) in [5, 5.41) is 10.9. The number of nitro groups is 1. The highest BCUT2D eigenvalue weighted by Crippen LogP contribution is 2.18. The van der Waals surface area contributed by atoms with Gasteiger partial charge in [-0.05, 0) is 0 Å². The number of halogens is 1. The van der Waals surface area contributed by atoms with Gasteiger partial charge in [0.05, 0.1) is 17.8 Å². The van der Waals surface area contributed by atoms with Gasteiger partial charge >= 0.3 is 0 Å². The van der Waals surface area contributed by atoms with Crippen molar-refractivity contribution in [2.45, 2.75) is 6.54 Å². The molecule has 92 valence electrons. The molecule has 0 bridgehead atoms. The Balaban J connectivity index is 2.40. The first-order valence-electron chi connectivity index (χ1n) is 5.02. The molecule has 0 N–H and O–H groups in total. The van der Waals surface area contributed by atoms with Gasteiger partial charge in [-0.1, -0.05) is 29.8 Å². The van der Waals surface area contributed by atoms with Crippen molar-refractivity contribution in [3.8, 4) is 0 Å². The van der Waals surface area contributed by atoms with Crippen LogP contribution in [0.15, 0.2) is 41.5 Å². The maximum Gasteiger partial charge on any atom is 0.274 e. The van der Waals surface area contributed by atoms with Crippen molar-refractivity contribution in [1.29, 1.82) is 0 Å². The van der Waals surface area contributed by atoms with Gasteiger partial charge in [-0.25, -0.2) is 4.98 Å². The Morgan fingerprint density at radius 1 is 1.39 bits per heavy atom. The minimum absolute atomic E-state index is 0.0284. The number of benzene rings is 1. The summed E-state index contributed by atoms with van der Waals surface area (Å²) in [7, 11) is 0. The summed E-state index contributed by atoms with van der Waals surface area (Å²) in [6, 6.07) is 7.40. The summed E-state index contributed by atoms with van der Waals surface area (Å²) in [6.07, 6.45) is 1.27. The molecule has 0 spiro atoms. The topological polar surface area (TPSA) is 78.0 Å². The van der Waals surface area contributed by atoms with Gasteiger partial charge in [-0.3, -0.25) is 19.5 Å². The molecular weight excluding hydrogens is 258 g/mol. The molecule has 0 aliphatic heterocycles. The van der Waals surface area contributed by atoms with Gasteiger partial charge in [0, 0.05) is 17.7 Å². The van der Waals surface area contributed by atoms with E-state index in [1.165, 1.54) is 17.0 Å². The van der Waals surface area contributed by atoms with Crippen LogP contribution in [-0.4, -0.2) is 14.5 Å². The molecule has 18 heavy (non-hydrogen) atoms. The molecule has 1 aromatic carbocycles. The maximum atomic E-state index is 11.6. The highest BCUT2D eigenvalue weighted by atomic mass is 35.5. The maximum absolute atomic E-state index is 11.6. The minimum Gasteiger partial charge on any atom is -0.294 e. The fourth-order valence-corrected chi connectivity index (χ4v) is 1.67. The average Bonchev–Trinajstić information content (AvgIpc) is 2.33. The summed E-state index contributed by atoms with van der Waals surface area (Å²) >= 11 is 5.57. The Morgan fingerprint density at radius 3 is 2.78 bits per heavy atom. The number of nitro benzene ring substituents is 1. The van der Waals surface area contributed by atoms with Gasteiger partial charge in [0.15, 0.2) is 0 Å². The van der Waals surface area contributed by atoms with E-state index in [1.807, 2.05) is 0 Å². The van der Waals surface area contributed by atoms with Crippen LogP contribution >= 0.6 is 11.6 Å². The van der Waals surface area contributed by atoms with Crippen LogP contribution in [0.1, 0.15) is 5.56 Å². The van der Waals surface area contributed by atoms with E-state index in [9.17, 15) is 14.9 Å². The largest absolute Gasteiger partial charge is 0.294 e. The van der Waals surface area contributed by atoms with Crippen LogP contribution in [-0.2, 0) is 6.54 Å². The van der Waals surface area contributed by atoms with Crippen molar-refractivity contribution in [1.82, 2.24) is 9.55 Å². The molecular formula is C11H8ClN3O3. The lowest BCUT2D eigenvalue weighted by molar-refractivity contribution is -0.385. The third-order valence-corrected chi connectivity index (χ3v) is 2.58. The number of aromatic nitrogens is 2. The summed E-state index contributed by atoms with van der Waals surface area (Å²) in [6.45, 7) is 0.0835. The number of hydrogen-bond donors (Lipinski definition) is 0. The SMILES string of the molecule is O=c1cc(Cl)ncn1Cc1ccccc1[N+](=O)[O-]. The molecule has 2 rings (SSSR count). The van der Waals surface area contributed by atoms with Crippen LogP contribution in [0.3, 0.4) is 0 Å². The van der Waals surface area contributed by atoms with Crippen LogP contribution in [0.4, 0.5) is 5.69 Å². The van der Waals surface area contributed by atoms with Gasteiger partial charge < -0.3 is 0 Å². The summed E-state index contributed by atoms with van der Waals surface area (Å²) in [5.41, 5.74) is 0.0567. The van der Waals surface area contributed by atoms with E-state index in [4.69, 9.17) is 11.6 Å². The zero-order valence-electron chi connectivity index (χ0n) is 9.12. The van der Waals surface area contributed by atoms with Crippen LogP contribution in [0.25, 0.3) is 0 Å². The summed E-state index contributed by atoms with van der Waals surface area (Å²) in [4.78, 5) is 25.7. The van der Waals surface area contributed by atoms with E-state index in [2.05, 4.69) is 4.98 Å². The van der Waals surface area contributed by atoms with Crippen molar-refractivity contribution in [3.63, 3.8) is 0 Å². The predicted molar refractivity (Wildman–Crippen MR) is 65.7 cm³/mol. The lowest BCUT2D eigenvalue weighted by Crippen LogP contribution is -2.20. The van der Waals surface area contributed by atoms with E-state index < -0.39 is 4.92 Å². The predicted octanol–water partition coefficient (Wildman–Crippen LogP) is 1.85. The van der Waals surface area contributed by atoms with Crippen molar-refractivity contribution >= 4 is 17.3 Å². The van der Waals surface area contributed by atoms with E-state index >= 15 is 0 Å². The van der Waals surface area contributed by atoms with Crippen molar-refractivity contribution in [2.75, 3.05) is 0 Å². The van der Waals surface area contributed by atoms with Gasteiger partial charge in [-0.2, -0.15) is 0 Å². The molecule has 1 aromatic heterocycles. The first kappa shape index (κ1) is 12.3. The lowest BCUT2D eigenvalue weighted by atomic mass is 10.2. The Morgan fingerprint density at radius 2 is 2.11 bits per heavy atom. The smallest absolute Gasteiger partial charge is 0.274 e. The molecule has 0 fully saturated rings. The first-order chi connectivity index (χ1) is 8.58. The zero-order valence-corrected chi connectivity index (χ0v) is 9.87. The molecule has 1 heterocycles. The second kappa shape index (κ2) is 4.97. The van der Waals surface area contributed by atoms with E-state index in [-0.39, 0.29) is 22.9 Å². The fourth-order valence-electron chi connectivity index (χ4n) is 1.53. The average molecular weight is 266 g/mol. The quantitative estimate of drug-likeness (QED) is 0.482. The van der Waals surface area contributed by atoms with Gasteiger partial charge in [-0.15, -0.1) is 0 Å². The number of para-hydroxylation sites is 1. The highest BCUT2D eigenvalue weighted by molar-refractivity contribution is 6.29. The Labute approximate surface area is 107 Å². The zero-order chi connectivity index (χ0) is 13.1. The fraction of sp³-hybridized carbons (Fsp3) is 0.0909. The van der Waals surface area contributed by atoms with Crippen LogP contribution in [0, 0.1) is 10.1 Å². The van der Waals surface area contributed by atoms with Crippen LogP contribution < -0.4 is 5.56 Å². The Bertz CT molecular complexity index is 654. The highest BCUT2D eigenvalue weighted by Gasteiger charge is 2.13. The summed E-state index contributed by atoms with van der Waals surface area (Å²) < 4.78 is 1.26. The number of hydrogen-bond acceptors (Lipinski definition) is 4. The lowest BCUT2D eigenvalue weighted by Gasteiger charge is -2.05. The summed E-state index contributed by atoms with van der Waals surface area (Å²) in [5.74, 6) is 0. The molecule has 0 aliphatic rings. The van der Waals surface area contributed by atoms with E-state index in [1.54, 1.807) is 18.2 Å². The second-order valence-electron chi connectivity index (χ2n) is 3.56. The van der Waals surface area contributed by atoms with Crippen molar-refractivity contribution < 1.29 is 4.92 Å². The van der Waals surface area contributed by atoms with Gasteiger partial charge in [0.2, 0.25) is 0 Å². The third-order valence-electron chi connectivity index (χ3n) is 2.38. The van der Waals surface area contributed by atoms with Crippen molar-refractivity contribution in [3.05, 3.63) is 67.8 Å². The minimum atomic E-state index is -0.482. The molecule has 0 atom stereocenters.